The van der Waals surface area contributed by atoms with Crippen LogP contribution >= 0.6 is 0 Å². The molecule has 0 spiro atoms. The van der Waals surface area contributed by atoms with Gasteiger partial charge >= 0.3 is 0 Å². The van der Waals surface area contributed by atoms with Crippen molar-refractivity contribution in [2.24, 2.45) is 0 Å². The van der Waals surface area contributed by atoms with Crippen LogP contribution in [0, 0.1) is 13.8 Å². The number of rotatable bonds is 6. The number of nitrogens with one attached hydrogen (secondary N) is 1. The van der Waals surface area contributed by atoms with Crippen molar-refractivity contribution in [2.45, 2.75) is 33.1 Å². The Hall–Kier alpha value is -1.06. The highest BCUT2D eigenvalue weighted by Crippen LogP contribution is 2.23. The molecule has 0 atom stereocenters. The minimum atomic E-state index is 0.976. The topological polar surface area (TPSA) is 24.5 Å². The zero-order chi connectivity index (χ0) is 14.4. The summed E-state index contributed by atoms with van der Waals surface area (Å²) < 4.78 is 5.32. The number of unbranched alkanes of at least 4 members (excludes halogenated alkanes) is 1. The molecule has 1 N–H and O–H groups in total. The van der Waals surface area contributed by atoms with E-state index < -0.39 is 0 Å². The van der Waals surface area contributed by atoms with E-state index >= 15 is 0 Å². The van der Waals surface area contributed by atoms with Crippen LogP contribution in [0.4, 0.5) is 0 Å². The van der Waals surface area contributed by atoms with Crippen molar-refractivity contribution in [3.63, 3.8) is 0 Å². The molecule has 1 aliphatic rings. The van der Waals surface area contributed by atoms with Gasteiger partial charge < -0.3 is 15.0 Å². The van der Waals surface area contributed by atoms with Gasteiger partial charge in [-0.25, -0.2) is 0 Å². The van der Waals surface area contributed by atoms with Gasteiger partial charge in [-0.2, -0.15) is 0 Å². The number of piperazine rings is 1. The quantitative estimate of drug-likeness (QED) is 0.808. The number of benzene rings is 1. The van der Waals surface area contributed by atoms with Gasteiger partial charge in [-0.15, -0.1) is 0 Å². The molecule has 0 unspecified atom stereocenters. The van der Waals surface area contributed by atoms with Gasteiger partial charge in [0.2, 0.25) is 0 Å². The zero-order valence-corrected chi connectivity index (χ0v) is 13.2. The highest BCUT2D eigenvalue weighted by molar-refractivity contribution is 5.41. The van der Waals surface area contributed by atoms with Crippen molar-refractivity contribution in [3.8, 4) is 5.75 Å². The highest BCUT2D eigenvalue weighted by Gasteiger charge is 2.09. The lowest BCUT2D eigenvalue weighted by molar-refractivity contribution is 0.237. The van der Waals surface area contributed by atoms with E-state index in [4.69, 9.17) is 4.74 Å². The monoisotopic (exact) mass is 276 g/mol. The minimum Gasteiger partial charge on any atom is -0.497 e. The lowest BCUT2D eigenvalue weighted by Gasteiger charge is -2.27. The Bertz CT molecular complexity index is 402. The van der Waals surface area contributed by atoms with Crippen molar-refractivity contribution in [1.82, 2.24) is 10.2 Å². The first-order valence-electron chi connectivity index (χ1n) is 7.78. The van der Waals surface area contributed by atoms with Crippen molar-refractivity contribution in [2.75, 3.05) is 39.8 Å². The standard InChI is InChI=1S/C17H28N2O/c1-14-12-16(20-3)13-15(2)17(14)6-4-5-9-19-10-7-18-8-11-19/h12-13,18H,4-11H2,1-3H3. The van der Waals surface area contributed by atoms with Crippen LogP contribution in [0.25, 0.3) is 0 Å². The molecule has 0 radical (unpaired) electrons. The van der Waals surface area contributed by atoms with Crippen molar-refractivity contribution in [1.29, 1.82) is 0 Å². The van der Waals surface area contributed by atoms with Gasteiger partial charge in [0.05, 0.1) is 7.11 Å². The van der Waals surface area contributed by atoms with Gasteiger partial charge in [0.1, 0.15) is 5.75 Å². The van der Waals surface area contributed by atoms with Gasteiger partial charge in [-0.3, -0.25) is 0 Å². The lowest BCUT2D eigenvalue weighted by Crippen LogP contribution is -2.43. The average Bonchev–Trinajstić information content (AvgIpc) is 2.46. The Balaban J connectivity index is 1.78. The fraction of sp³-hybridized carbons (Fsp3) is 0.647. The summed E-state index contributed by atoms with van der Waals surface area (Å²) in [5.41, 5.74) is 4.24. The second-order valence-corrected chi connectivity index (χ2v) is 5.79. The summed E-state index contributed by atoms with van der Waals surface area (Å²) in [4.78, 5) is 2.57. The number of methoxy groups -OCH3 is 1. The molecule has 1 aliphatic heterocycles. The van der Waals surface area contributed by atoms with E-state index in [1.54, 1.807) is 7.11 Å². The first-order chi connectivity index (χ1) is 9.70. The summed E-state index contributed by atoms with van der Waals surface area (Å²) in [7, 11) is 1.74. The van der Waals surface area contributed by atoms with Crippen LogP contribution in [0.3, 0.4) is 0 Å². The maximum absolute atomic E-state index is 5.32. The summed E-state index contributed by atoms with van der Waals surface area (Å²) in [6.45, 7) is 10.4. The Morgan fingerprint density at radius 3 is 2.35 bits per heavy atom. The highest BCUT2D eigenvalue weighted by atomic mass is 16.5. The number of aryl methyl sites for hydroxylation is 2. The second kappa shape index (κ2) is 7.65. The molecular formula is C17H28N2O. The summed E-state index contributed by atoms with van der Waals surface area (Å²) in [6.07, 6.45) is 3.76. The Labute approximate surface area is 123 Å². The fourth-order valence-electron chi connectivity index (χ4n) is 3.04. The molecule has 0 bridgehead atoms. The first-order valence-corrected chi connectivity index (χ1v) is 7.78. The number of hydrogen-bond donors (Lipinski definition) is 1. The number of nitrogens with zero attached hydrogens (tertiary/aromatic N) is 1. The van der Waals surface area contributed by atoms with Crippen molar-refractivity contribution >= 4 is 0 Å². The molecule has 1 fully saturated rings. The third kappa shape index (κ3) is 4.22. The molecule has 20 heavy (non-hydrogen) atoms. The van der Waals surface area contributed by atoms with Crippen LogP contribution in [0.2, 0.25) is 0 Å². The number of hydrogen-bond acceptors (Lipinski definition) is 3. The van der Waals surface area contributed by atoms with E-state index in [9.17, 15) is 0 Å². The molecule has 0 amide bonds. The van der Waals surface area contributed by atoms with Crippen LogP contribution in [0.5, 0.6) is 5.75 Å². The van der Waals surface area contributed by atoms with E-state index in [0.29, 0.717) is 0 Å². The molecular weight excluding hydrogens is 248 g/mol. The number of ether oxygens (including phenoxy) is 1. The van der Waals surface area contributed by atoms with Gasteiger partial charge in [0.25, 0.3) is 0 Å². The van der Waals surface area contributed by atoms with E-state index in [2.05, 4.69) is 36.2 Å². The van der Waals surface area contributed by atoms with E-state index in [0.717, 1.165) is 18.8 Å². The van der Waals surface area contributed by atoms with Crippen LogP contribution < -0.4 is 10.1 Å². The third-order valence-corrected chi connectivity index (χ3v) is 4.27. The predicted octanol–water partition coefficient (Wildman–Crippen LogP) is 2.54. The van der Waals surface area contributed by atoms with Gasteiger partial charge in [-0.05, 0) is 68.5 Å². The zero-order valence-electron chi connectivity index (χ0n) is 13.2. The SMILES string of the molecule is COc1cc(C)c(CCCCN2CCNCC2)c(C)c1. The molecule has 0 saturated carbocycles. The van der Waals surface area contributed by atoms with E-state index in [1.165, 1.54) is 55.6 Å². The Morgan fingerprint density at radius 1 is 1.10 bits per heavy atom. The molecule has 3 nitrogen and oxygen atoms in total. The Kier molecular flexibility index (Phi) is 5.86. The third-order valence-electron chi connectivity index (χ3n) is 4.27. The largest absolute Gasteiger partial charge is 0.497 e. The first kappa shape index (κ1) is 15.3. The Morgan fingerprint density at radius 2 is 1.75 bits per heavy atom. The fourth-order valence-corrected chi connectivity index (χ4v) is 3.04. The predicted molar refractivity (Wildman–Crippen MR) is 84.7 cm³/mol. The molecule has 1 aromatic carbocycles. The maximum atomic E-state index is 5.32. The van der Waals surface area contributed by atoms with Gasteiger partial charge in [0.15, 0.2) is 0 Å². The van der Waals surface area contributed by atoms with Crippen LogP contribution in [-0.2, 0) is 6.42 Å². The summed E-state index contributed by atoms with van der Waals surface area (Å²) >= 11 is 0. The molecule has 3 heteroatoms. The molecule has 112 valence electrons. The van der Waals surface area contributed by atoms with E-state index in [-0.39, 0.29) is 0 Å². The van der Waals surface area contributed by atoms with Gasteiger partial charge in [0, 0.05) is 26.2 Å². The van der Waals surface area contributed by atoms with Crippen molar-refractivity contribution < 1.29 is 4.74 Å². The van der Waals surface area contributed by atoms with Crippen molar-refractivity contribution in [3.05, 3.63) is 28.8 Å². The van der Waals surface area contributed by atoms with E-state index in [1.807, 2.05) is 0 Å². The van der Waals surface area contributed by atoms with Gasteiger partial charge in [-0.1, -0.05) is 0 Å². The second-order valence-electron chi connectivity index (χ2n) is 5.79. The minimum absolute atomic E-state index is 0.976. The average molecular weight is 276 g/mol. The summed E-state index contributed by atoms with van der Waals surface area (Å²) in [6, 6.07) is 4.30. The lowest BCUT2D eigenvalue weighted by atomic mass is 9.97. The molecule has 1 saturated heterocycles. The summed E-state index contributed by atoms with van der Waals surface area (Å²) in [5, 5.41) is 3.40. The van der Waals surface area contributed by atoms with Crippen LogP contribution in [0.1, 0.15) is 29.5 Å². The molecule has 1 heterocycles. The molecule has 2 rings (SSSR count). The van der Waals surface area contributed by atoms with Crippen LogP contribution in [-0.4, -0.2) is 44.7 Å². The summed E-state index contributed by atoms with van der Waals surface area (Å²) in [5.74, 6) is 0.976. The molecule has 0 aromatic heterocycles. The molecule has 0 aliphatic carbocycles. The maximum Gasteiger partial charge on any atom is 0.119 e. The smallest absolute Gasteiger partial charge is 0.119 e. The normalized spacial score (nSPS) is 16.4. The molecule has 1 aromatic rings. The van der Waals surface area contributed by atoms with Crippen LogP contribution in [0.15, 0.2) is 12.1 Å².